The third kappa shape index (κ3) is 6.23. The number of urea groups is 1. The lowest BCUT2D eigenvalue weighted by Crippen LogP contribution is -2.49. The van der Waals surface area contributed by atoms with Crippen LogP contribution >= 0.6 is 0 Å². The van der Waals surface area contributed by atoms with E-state index in [-0.39, 0.29) is 24.5 Å². The number of amides is 2. The summed E-state index contributed by atoms with van der Waals surface area (Å²) < 4.78 is 5.39. The molecule has 0 saturated carbocycles. The van der Waals surface area contributed by atoms with Crippen molar-refractivity contribution in [1.29, 1.82) is 0 Å². The highest BCUT2D eigenvalue weighted by atomic mass is 16.5. The summed E-state index contributed by atoms with van der Waals surface area (Å²) in [4.78, 5) is 24.6. The van der Waals surface area contributed by atoms with Gasteiger partial charge in [-0.15, -0.1) is 0 Å². The van der Waals surface area contributed by atoms with E-state index in [9.17, 15) is 9.59 Å². The maximum absolute atomic E-state index is 12.0. The van der Waals surface area contributed by atoms with Gasteiger partial charge in [-0.2, -0.15) is 0 Å². The lowest BCUT2D eigenvalue weighted by atomic mass is 9.94. The second-order valence-electron chi connectivity index (χ2n) is 5.91. The lowest BCUT2D eigenvalue weighted by molar-refractivity contribution is -0.138. The van der Waals surface area contributed by atoms with Crippen LogP contribution in [0.3, 0.4) is 0 Å². The van der Waals surface area contributed by atoms with Gasteiger partial charge in [0.25, 0.3) is 0 Å². The summed E-state index contributed by atoms with van der Waals surface area (Å²) in [6, 6.07) is -0.126. The number of carboxylic acids is 1. The van der Waals surface area contributed by atoms with Gasteiger partial charge in [0, 0.05) is 26.1 Å². The third-order valence-corrected chi connectivity index (χ3v) is 3.34. The number of carbonyl (C=O) groups is 2. The molecular weight excluding hydrogens is 260 g/mol. The van der Waals surface area contributed by atoms with Crippen LogP contribution in [-0.2, 0) is 9.53 Å². The fourth-order valence-electron chi connectivity index (χ4n) is 2.50. The predicted molar refractivity (Wildman–Crippen MR) is 75.6 cm³/mol. The highest BCUT2D eigenvalue weighted by Gasteiger charge is 2.22. The molecule has 0 spiro atoms. The van der Waals surface area contributed by atoms with E-state index in [1.165, 1.54) is 0 Å². The maximum Gasteiger partial charge on any atom is 0.317 e. The summed E-state index contributed by atoms with van der Waals surface area (Å²) in [6.07, 6.45) is 0.948. The molecule has 1 unspecified atom stereocenters. The van der Waals surface area contributed by atoms with Crippen molar-refractivity contribution in [2.45, 2.75) is 39.7 Å². The van der Waals surface area contributed by atoms with Crippen molar-refractivity contribution in [3.63, 3.8) is 0 Å². The minimum Gasteiger partial charge on any atom is -0.481 e. The number of ether oxygens (including phenoxy) is 1. The summed E-state index contributed by atoms with van der Waals surface area (Å²) in [6.45, 7) is 8.18. The standard InChI is InChI=1S/C14H26N2O4/c1-10(2)6-12(7-13(17)18)8-15-14(19)16-4-5-20-11(3)9-16/h10-12H,4-9H2,1-3H3,(H,15,19)(H,17,18)/t11?,12-/m0/s1. The number of morpholine rings is 1. The van der Waals surface area contributed by atoms with Crippen molar-refractivity contribution in [2.24, 2.45) is 11.8 Å². The van der Waals surface area contributed by atoms with E-state index in [2.05, 4.69) is 19.2 Å². The number of nitrogens with one attached hydrogen (secondary N) is 1. The Labute approximate surface area is 120 Å². The first-order valence-electron chi connectivity index (χ1n) is 7.24. The molecule has 20 heavy (non-hydrogen) atoms. The average molecular weight is 286 g/mol. The lowest BCUT2D eigenvalue weighted by Gasteiger charge is -2.31. The maximum atomic E-state index is 12.0. The quantitative estimate of drug-likeness (QED) is 0.776. The zero-order valence-electron chi connectivity index (χ0n) is 12.6. The second-order valence-corrected chi connectivity index (χ2v) is 5.91. The average Bonchev–Trinajstić information content (AvgIpc) is 2.34. The molecule has 0 aromatic carbocycles. The molecule has 6 heteroatoms. The Morgan fingerprint density at radius 1 is 1.45 bits per heavy atom. The minimum absolute atomic E-state index is 0.0186. The van der Waals surface area contributed by atoms with E-state index in [4.69, 9.17) is 9.84 Å². The number of nitrogens with zero attached hydrogens (tertiary/aromatic N) is 1. The van der Waals surface area contributed by atoms with Crippen LogP contribution < -0.4 is 5.32 Å². The fraction of sp³-hybridized carbons (Fsp3) is 0.857. The Morgan fingerprint density at radius 2 is 2.15 bits per heavy atom. The Morgan fingerprint density at radius 3 is 2.70 bits per heavy atom. The van der Waals surface area contributed by atoms with Crippen LogP contribution in [-0.4, -0.2) is 54.4 Å². The van der Waals surface area contributed by atoms with Gasteiger partial charge in [0.2, 0.25) is 0 Å². The number of carbonyl (C=O) groups excluding carboxylic acids is 1. The zero-order valence-corrected chi connectivity index (χ0v) is 12.6. The van der Waals surface area contributed by atoms with Crippen LogP contribution in [0.1, 0.15) is 33.6 Å². The van der Waals surface area contributed by atoms with E-state index >= 15 is 0 Å². The number of carboxylic acid groups (broad SMARTS) is 1. The van der Waals surface area contributed by atoms with Crippen LogP contribution in [0.5, 0.6) is 0 Å². The van der Waals surface area contributed by atoms with Crippen molar-refractivity contribution < 1.29 is 19.4 Å². The highest BCUT2D eigenvalue weighted by molar-refractivity contribution is 5.74. The Kier molecular flexibility index (Phi) is 6.78. The minimum atomic E-state index is -0.815. The van der Waals surface area contributed by atoms with E-state index in [0.29, 0.717) is 32.2 Å². The molecule has 0 aromatic heterocycles. The molecule has 0 aliphatic carbocycles. The topological polar surface area (TPSA) is 78.9 Å². The summed E-state index contributed by atoms with van der Waals surface area (Å²) >= 11 is 0. The number of hydrogen-bond donors (Lipinski definition) is 2. The Balaban J connectivity index is 2.40. The van der Waals surface area contributed by atoms with Crippen molar-refractivity contribution in [1.82, 2.24) is 10.2 Å². The van der Waals surface area contributed by atoms with Gasteiger partial charge in [-0.05, 0) is 25.2 Å². The first-order chi connectivity index (χ1) is 9.38. The molecule has 0 bridgehead atoms. The van der Waals surface area contributed by atoms with E-state index in [1.807, 2.05) is 6.92 Å². The summed E-state index contributed by atoms with van der Waals surface area (Å²) in [7, 11) is 0. The molecular formula is C14H26N2O4. The molecule has 1 aliphatic heterocycles. The fourth-order valence-corrected chi connectivity index (χ4v) is 2.50. The molecule has 2 atom stereocenters. The monoisotopic (exact) mass is 286 g/mol. The number of rotatable bonds is 6. The molecule has 116 valence electrons. The van der Waals surface area contributed by atoms with E-state index in [1.54, 1.807) is 4.90 Å². The number of hydrogen-bond acceptors (Lipinski definition) is 3. The van der Waals surface area contributed by atoms with Crippen LogP contribution in [0.2, 0.25) is 0 Å². The van der Waals surface area contributed by atoms with E-state index in [0.717, 1.165) is 6.42 Å². The zero-order chi connectivity index (χ0) is 15.1. The van der Waals surface area contributed by atoms with Gasteiger partial charge < -0.3 is 20.1 Å². The van der Waals surface area contributed by atoms with Gasteiger partial charge in [-0.1, -0.05) is 13.8 Å². The summed E-state index contributed by atoms with van der Waals surface area (Å²) in [5.41, 5.74) is 0. The predicted octanol–water partition coefficient (Wildman–Crippen LogP) is 1.55. The molecule has 1 heterocycles. The summed E-state index contributed by atoms with van der Waals surface area (Å²) in [5.74, 6) is -0.417. The molecule has 1 fully saturated rings. The van der Waals surface area contributed by atoms with Crippen LogP contribution in [0, 0.1) is 11.8 Å². The third-order valence-electron chi connectivity index (χ3n) is 3.34. The molecule has 1 rings (SSSR count). The van der Waals surface area contributed by atoms with Gasteiger partial charge in [0.05, 0.1) is 12.7 Å². The SMILES string of the molecule is CC(C)C[C@H](CNC(=O)N1CCOC(C)C1)CC(=O)O. The molecule has 0 radical (unpaired) electrons. The van der Waals surface area contributed by atoms with E-state index < -0.39 is 5.97 Å². The highest BCUT2D eigenvalue weighted by Crippen LogP contribution is 2.15. The molecule has 2 amide bonds. The molecule has 6 nitrogen and oxygen atoms in total. The molecule has 1 saturated heterocycles. The largest absolute Gasteiger partial charge is 0.481 e. The van der Waals surface area contributed by atoms with Gasteiger partial charge >= 0.3 is 12.0 Å². The van der Waals surface area contributed by atoms with Crippen molar-refractivity contribution >= 4 is 12.0 Å². The molecule has 1 aliphatic rings. The first-order valence-corrected chi connectivity index (χ1v) is 7.24. The van der Waals surface area contributed by atoms with Gasteiger partial charge in [-0.3, -0.25) is 4.79 Å². The smallest absolute Gasteiger partial charge is 0.317 e. The van der Waals surface area contributed by atoms with Gasteiger partial charge in [-0.25, -0.2) is 4.79 Å². The van der Waals surface area contributed by atoms with Crippen LogP contribution in [0.25, 0.3) is 0 Å². The molecule has 0 aromatic rings. The van der Waals surface area contributed by atoms with Crippen LogP contribution in [0.15, 0.2) is 0 Å². The molecule has 2 N–H and O–H groups in total. The summed E-state index contributed by atoms with van der Waals surface area (Å²) in [5, 5.41) is 11.8. The van der Waals surface area contributed by atoms with Crippen molar-refractivity contribution in [3.05, 3.63) is 0 Å². The first kappa shape index (κ1) is 16.8. The van der Waals surface area contributed by atoms with Gasteiger partial charge in [0.15, 0.2) is 0 Å². The number of aliphatic carboxylic acids is 1. The second kappa shape index (κ2) is 8.09. The Hall–Kier alpha value is -1.30. The van der Waals surface area contributed by atoms with Crippen molar-refractivity contribution in [3.8, 4) is 0 Å². The Bertz CT molecular complexity index is 333. The van der Waals surface area contributed by atoms with Crippen LogP contribution in [0.4, 0.5) is 4.79 Å². The normalized spacial score (nSPS) is 20.8. The van der Waals surface area contributed by atoms with Gasteiger partial charge in [0.1, 0.15) is 0 Å². The van der Waals surface area contributed by atoms with Crippen molar-refractivity contribution in [2.75, 3.05) is 26.2 Å².